The van der Waals surface area contributed by atoms with Crippen molar-refractivity contribution in [2.24, 2.45) is 0 Å². The Bertz CT molecular complexity index is 2370. The number of likely N-dealkylation sites (tertiary alicyclic amines) is 2. The van der Waals surface area contributed by atoms with E-state index >= 15 is 4.39 Å². The third-order valence-electron chi connectivity index (χ3n) is 12.8. The number of aromatic nitrogens is 3. The Hall–Kier alpha value is -6.02. The summed E-state index contributed by atoms with van der Waals surface area (Å²) in [5.74, 6) is 0.417. The second-order valence-electron chi connectivity index (χ2n) is 16.6. The molecule has 14 heteroatoms. The number of nitrogens with two attached hydrogens (primary N) is 1. The molecule has 0 radical (unpaired) electrons. The largest absolute Gasteiger partial charge is 0.507 e. The second-order valence-corrected chi connectivity index (χ2v) is 16.6. The number of alkyl halides is 1. The van der Waals surface area contributed by atoms with Gasteiger partial charge in [0.1, 0.15) is 11.4 Å². The Kier molecular flexibility index (Phi) is 10.4. The van der Waals surface area contributed by atoms with Crippen LogP contribution in [0.1, 0.15) is 72.8 Å². The smallest absolute Gasteiger partial charge is 0.328 e. The maximum absolute atomic E-state index is 16.3. The number of hydrogen-bond acceptors (Lipinski definition) is 9. The second kappa shape index (κ2) is 16.0. The number of urea groups is 1. The van der Waals surface area contributed by atoms with Gasteiger partial charge in [-0.15, -0.1) is 10.2 Å². The van der Waals surface area contributed by atoms with Gasteiger partial charge < -0.3 is 30.1 Å². The minimum atomic E-state index is -1.34. The molecule has 0 unspecified atom stereocenters. The molecule has 9 rings (SSSR count). The molecule has 3 aromatic carbocycles. The van der Waals surface area contributed by atoms with E-state index in [-0.39, 0.29) is 35.9 Å². The van der Waals surface area contributed by atoms with Gasteiger partial charge in [-0.3, -0.25) is 19.8 Å². The molecular weight excluding hydrogens is 750 g/mol. The summed E-state index contributed by atoms with van der Waals surface area (Å²) in [5, 5.41) is 22.3. The summed E-state index contributed by atoms with van der Waals surface area (Å²) >= 11 is 0. The molecule has 2 aromatic heterocycles. The molecule has 13 nitrogen and oxygen atoms in total. The number of piperidine rings is 3. The number of para-hydroxylation sites is 1. The molecule has 5 aromatic rings. The van der Waals surface area contributed by atoms with E-state index in [4.69, 9.17) is 5.73 Å². The highest BCUT2D eigenvalue weighted by atomic mass is 19.1. The number of aromatic hydroxyl groups is 1. The molecule has 306 valence electrons. The number of nitrogens with one attached hydrogen (secondary N) is 1. The third-order valence-corrected chi connectivity index (χ3v) is 12.8. The predicted octanol–water partition coefficient (Wildman–Crippen LogP) is 6.50. The van der Waals surface area contributed by atoms with Gasteiger partial charge >= 0.3 is 6.03 Å². The Labute approximate surface area is 342 Å². The molecule has 0 spiro atoms. The number of imide groups is 1. The number of hydrogen-bond donors (Lipinski definition) is 3. The van der Waals surface area contributed by atoms with E-state index in [1.807, 2.05) is 54.6 Å². The standard InChI is InChI=1S/C45H50FN9O4/c46-45(29-51-20-14-34(15-21-51)54-22-13-32-26-35(11-12-38(32)54)55-23-16-41(57)48-44(55)59)17-24-52(25-18-45)43(58)31-9-7-30(8-10-31)33-4-3-19-53(28-33)39-27-37(49-50-42(39)47)36-5-1-2-6-40(36)56/h1-2,5-13,22,26-27,33-34,56H,3-4,14-21,23-25,28-29H2,(H2,47,50)(H,48,57,59)/t33-/m0/s1. The van der Waals surface area contributed by atoms with Crippen LogP contribution in [-0.4, -0.2) is 106 Å². The van der Waals surface area contributed by atoms with Crippen molar-refractivity contribution >= 4 is 45.9 Å². The molecule has 0 aliphatic carbocycles. The van der Waals surface area contributed by atoms with Crippen molar-refractivity contribution in [1.82, 2.24) is 29.9 Å². The normalized spacial score (nSPS) is 20.6. The molecular formula is C45H50FN9O4. The number of amides is 4. The van der Waals surface area contributed by atoms with Crippen molar-refractivity contribution in [2.75, 3.05) is 67.9 Å². The summed E-state index contributed by atoms with van der Waals surface area (Å²) in [6, 6.07) is 24.8. The number of carbonyl (C=O) groups is 3. The maximum Gasteiger partial charge on any atom is 0.328 e. The molecule has 1 atom stereocenters. The minimum absolute atomic E-state index is 0.0580. The first-order valence-electron chi connectivity index (χ1n) is 20.8. The minimum Gasteiger partial charge on any atom is -0.507 e. The van der Waals surface area contributed by atoms with E-state index in [1.165, 1.54) is 0 Å². The number of benzene rings is 3. The quantitative estimate of drug-likeness (QED) is 0.160. The fraction of sp³-hybridized carbons (Fsp3) is 0.400. The van der Waals surface area contributed by atoms with Gasteiger partial charge in [-0.1, -0.05) is 24.3 Å². The molecule has 4 aliphatic rings. The molecule has 59 heavy (non-hydrogen) atoms. The van der Waals surface area contributed by atoms with E-state index in [0.717, 1.165) is 79.7 Å². The number of nitrogen functional groups attached to an aromatic ring is 1. The van der Waals surface area contributed by atoms with Gasteiger partial charge in [0, 0.05) is 117 Å². The summed E-state index contributed by atoms with van der Waals surface area (Å²) in [4.78, 5) is 45.4. The van der Waals surface area contributed by atoms with Gasteiger partial charge in [-0.05, 0) is 85.8 Å². The van der Waals surface area contributed by atoms with E-state index < -0.39 is 5.67 Å². The van der Waals surface area contributed by atoms with Crippen LogP contribution in [-0.2, 0) is 4.79 Å². The lowest BCUT2D eigenvalue weighted by molar-refractivity contribution is -0.120. The number of halogens is 1. The van der Waals surface area contributed by atoms with Crippen LogP contribution in [0.25, 0.3) is 22.2 Å². The zero-order chi connectivity index (χ0) is 40.7. The van der Waals surface area contributed by atoms with Crippen LogP contribution in [0, 0.1) is 0 Å². The predicted molar refractivity (Wildman–Crippen MR) is 225 cm³/mol. The van der Waals surface area contributed by atoms with Gasteiger partial charge in [-0.2, -0.15) is 0 Å². The summed E-state index contributed by atoms with van der Waals surface area (Å²) in [6.07, 6.45) is 6.82. The van der Waals surface area contributed by atoms with Gasteiger partial charge in [-0.25, -0.2) is 9.18 Å². The SMILES string of the molecule is Nc1nnc(-c2ccccc2O)cc1N1CCC[C@H](c2ccc(C(=O)N3CCC(F)(CN4CCC(n5ccc6cc(N7CCC(=O)NC7=O)ccc65)CC4)CC3)cc2)C1. The first kappa shape index (κ1) is 38.5. The van der Waals surface area contributed by atoms with Crippen LogP contribution in [0.3, 0.4) is 0 Å². The molecule has 4 saturated heterocycles. The van der Waals surface area contributed by atoms with Crippen LogP contribution < -0.4 is 20.9 Å². The van der Waals surface area contributed by atoms with Crippen molar-refractivity contribution in [3.63, 3.8) is 0 Å². The Morgan fingerprint density at radius 2 is 1.68 bits per heavy atom. The number of fused-ring (bicyclic) bond motifs is 1. The molecule has 4 amide bonds. The van der Waals surface area contributed by atoms with Crippen molar-refractivity contribution in [3.8, 4) is 17.0 Å². The number of nitrogens with zero attached hydrogens (tertiary/aromatic N) is 7. The zero-order valence-corrected chi connectivity index (χ0v) is 33.1. The highest BCUT2D eigenvalue weighted by molar-refractivity contribution is 6.06. The first-order valence-corrected chi connectivity index (χ1v) is 20.8. The number of phenols is 1. The lowest BCUT2D eigenvalue weighted by atomic mass is 9.89. The van der Waals surface area contributed by atoms with E-state index in [2.05, 4.69) is 42.1 Å². The van der Waals surface area contributed by atoms with E-state index in [0.29, 0.717) is 67.7 Å². The molecule has 0 bridgehead atoms. The Morgan fingerprint density at radius 1 is 0.898 bits per heavy atom. The van der Waals surface area contributed by atoms with Crippen LogP contribution in [0.4, 0.5) is 26.4 Å². The summed E-state index contributed by atoms with van der Waals surface area (Å²) in [7, 11) is 0. The Morgan fingerprint density at radius 3 is 2.44 bits per heavy atom. The Balaban J connectivity index is 0.761. The lowest BCUT2D eigenvalue weighted by Gasteiger charge is -2.41. The topological polar surface area (TPSA) is 153 Å². The van der Waals surface area contributed by atoms with Gasteiger partial charge in [0.25, 0.3) is 5.91 Å². The molecule has 0 saturated carbocycles. The highest BCUT2D eigenvalue weighted by Gasteiger charge is 2.39. The van der Waals surface area contributed by atoms with Crippen molar-refractivity contribution < 1.29 is 23.9 Å². The van der Waals surface area contributed by atoms with Gasteiger partial charge in [0.15, 0.2) is 5.82 Å². The van der Waals surface area contributed by atoms with Crippen molar-refractivity contribution in [3.05, 3.63) is 96.2 Å². The molecule has 4 fully saturated rings. The lowest BCUT2D eigenvalue weighted by Crippen LogP contribution is -2.51. The van der Waals surface area contributed by atoms with E-state index in [1.54, 1.807) is 28.0 Å². The van der Waals surface area contributed by atoms with Crippen molar-refractivity contribution in [1.29, 1.82) is 0 Å². The van der Waals surface area contributed by atoms with Crippen molar-refractivity contribution in [2.45, 2.75) is 62.6 Å². The summed E-state index contributed by atoms with van der Waals surface area (Å²) in [6.45, 7) is 4.69. The fourth-order valence-electron chi connectivity index (χ4n) is 9.49. The van der Waals surface area contributed by atoms with Gasteiger partial charge in [0.2, 0.25) is 5.91 Å². The molecule has 4 aliphatic heterocycles. The number of carbonyl (C=O) groups excluding carboxylic acids is 3. The van der Waals surface area contributed by atoms with Crippen LogP contribution in [0.2, 0.25) is 0 Å². The van der Waals surface area contributed by atoms with Crippen LogP contribution in [0.15, 0.2) is 85.1 Å². The maximum atomic E-state index is 16.3. The summed E-state index contributed by atoms with van der Waals surface area (Å²) < 4.78 is 18.6. The number of rotatable bonds is 8. The first-order chi connectivity index (χ1) is 28.6. The highest BCUT2D eigenvalue weighted by Crippen LogP contribution is 2.37. The molecule has 6 heterocycles. The van der Waals surface area contributed by atoms with Crippen LogP contribution >= 0.6 is 0 Å². The fourth-order valence-corrected chi connectivity index (χ4v) is 9.49. The van der Waals surface area contributed by atoms with E-state index in [9.17, 15) is 19.5 Å². The van der Waals surface area contributed by atoms with Crippen LogP contribution in [0.5, 0.6) is 5.75 Å². The summed E-state index contributed by atoms with van der Waals surface area (Å²) in [5.41, 5.74) is 10.6. The number of phenolic OH excluding ortho intramolecular Hbond substituents is 1. The van der Waals surface area contributed by atoms with Gasteiger partial charge in [0.05, 0.1) is 11.4 Å². The third kappa shape index (κ3) is 7.93. The average molecular weight is 800 g/mol. The zero-order valence-electron chi connectivity index (χ0n) is 33.1. The molecule has 4 N–H and O–H groups in total. The number of anilines is 3. The average Bonchev–Trinajstić information content (AvgIpc) is 3.68. The monoisotopic (exact) mass is 799 g/mol.